The second kappa shape index (κ2) is 3.73. The lowest BCUT2D eigenvalue weighted by Crippen LogP contribution is -2.30. The van der Waals surface area contributed by atoms with Crippen LogP contribution in [0, 0.1) is 0 Å². The van der Waals surface area contributed by atoms with E-state index in [0.29, 0.717) is 12.6 Å². The highest BCUT2D eigenvalue weighted by Crippen LogP contribution is 2.62. The minimum absolute atomic E-state index is 0.320. The van der Waals surface area contributed by atoms with E-state index >= 15 is 0 Å². The number of aliphatic hydroxyl groups is 1. The lowest BCUT2D eigenvalue weighted by Gasteiger charge is -2.24. The summed E-state index contributed by atoms with van der Waals surface area (Å²) < 4.78 is 12.4. The maximum Gasteiger partial charge on any atom is 0.131 e. The Kier molecular flexibility index (Phi) is 2.83. The first-order valence-corrected chi connectivity index (χ1v) is 7.85. The summed E-state index contributed by atoms with van der Waals surface area (Å²) in [6.45, 7) is 1.75. The number of halogens is 1. The van der Waals surface area contributed by atoms with Crippen LogP contribution in [0.1, 0.15) is 13.3 Å². The fraction of sp³-hybridized carbons (Fsp3) is 0.455. The largest absolute Gasteiger partial charge is 0.388 e. The van der Waals surface area contributed by atoms with E-state index in [4.69, 9.17) is 0 Å². The van der Waals surface area contributed by atoms with Crippen molar-refractivity contribution in [2.24, 2.45) is 0 Å². The van der Waals surface area contributed by atoms with Gasteiger partial charge in [0, 0.05) is 11.5 Å². The standard InChI is InChI=1S/C11H14BrO2P/c1-11(13)7-8-15(14,10(11)12)9-5-3-2-4-6-9/h2-6,10,13H,7-8H2,1H3/t10-,11-,15-/m0/s1. The van der Waals surface area contributed by atoms with Gasteiger partial charge in [-0.25, -0.2) is 0 Å². The van der Waals surface area contributed by atoms with Gasteiger partial charge in [0.2, 0.25) is 0 Å². The molecule has 0 bridgehead atoms. The SMILES string of the molecule is C[C@]1(O)CC[P@](=O)(c2ccccc2)[C@@H]1Br. The summed E-state index contributed by atoms with van der Waals surface area (Å²) in [5.74, 6) is 0. The number of hydrogen-bond donors (Lipinski definition) is 1. The van der Waals surface area contributed by atoms with Crippen LogP contribution < -0.4 is 5.30 Å². The Morgan fingerprint density at radius 3 is 2.53 bits per heavy atom. The van der Waals surface area contributed by atoms with Gasteiger partial charge < -0.3 is 9.67 Å². The van der Waals surface area contributed by atoms with E-state index in [1.165, 1.54) is 0 Å². The zero-order valence-electron chi connectivity index (χ0n) is 8.56. The normalized spacial score (nSPS) is 40.6. The predicted octanol–water partition coefficient (Wildman–Crippen LogP) is 2.55. The molecule has 1 N–H and O–H groups in total. The monoisotopic (exact) mass is 288 g/mol. The summed E-state index contributed by atoms with van der Waals surface area (Å²) >= 11 is 3.41. The van der Waals surface area contributed by atoms with Crippen molar-refractivity contribution in [2.45, 2.75) is 23.5 Å². The first-order valence-electron chi connectivity index (χ1n) is 4.98. The van der Waals surface area contributed by atoms with Crippen molar-refractivity contribution in [1.82, 2.24) is 0 Å². The summed E-state index contributed by atoms with van der Waals surface area (Å²) in [5.41, 5.74) is -0.856. The van der Waals surface area contributed by atoms with Crippen molar-refractivity contribution in [1.29, 1.82) is 0 Å². The van der Waals surface area contributed by atoms with Crippen LogP contribution in [0.4, 0.5) is 0 Å². The van der Waals surface area contributed by atoms with E-state index in [0.717, 1.165) is 5.30 Å². The Morgan fingerprint density at radius 2 is 2.07 bits per heavy atom. The topological polar surface area (TPSA) is 37.3 Å². The summed E-state index contributed by atoms with van der Waals surface area (Å²) in [7, 11) is -2.47. The molecular weight excluding hydrogens is 275 g/mol. The molecule has 3 atom stereocenters. The lowest BCUT2D eigenvalue weighted by molar-refractivity contribution is 0.0820. The van der Waals surface area contributed by atoms with Crippen LogP contribution >= 0.6 is 23.1 Å². The Hall–Kier alpha value is -0.110. The van der Waals surface area contributed by atoms with E-state index in [-0.39, 0.29) is 4.57 Å². The molecule has 0 saturated carbocycles. The molecule has 0 aromatic heterocycles. The van der Waals surface area contributed by atoms with Crippen LogP contribution in [-0.4, -0.2) is 21.4 Å². The Morgan fingerprint density at radius 1 is 1.47 bits per heavy atom. The molecule has 1 aliphatic rings. The average Bonchev–Trinajstić information content (AvgIpc) is 2.45. The highest BCUT2D eigenvalue weighted by atomic mass is 79.9. The van der Waals surface area contributed by atoms with E-state index < -0.39 is 12.7 Å². The van der Waals surface area contributed by atoms with Crippen LogP contribution in [0.5, 0.6) is 0 Å². The van der Waals surface area contributed by atoms with Crippen LogP contribution in [-0.2, 0) is 4.57 Å². The minimum atomic E-state index is -2.47. The molecule has 2 rings (SSSR count). The van der Waals surface area contributed by atoms with Crippen molar-refractivity contribution in [3.05, 3.63) is 30.3 Å². The molecule has 1 fully saturated rings. The van der Waals surface area contributed by atoms with Gasteiger partial charge in [0.05, 0.1) is 5.60 Å². The zero-order valence-corrected chi connectivity index (χ0v) is 11.0. The van der Waals surface area contributed by atoms with E-state index in [9.17, 15) is 9.67 Å². The van der Waals surface area contributed by atoms with Crippen LogP contribution in [0.15, 0.2) is 30.3 Å². The van der Waals surface area contributed by atoms with Crippen molar-refractivity contribution < 1.29 is 9.67 Å². The summed E-state index contributed by atoms with van der Waals surface area (Å²) in [6.07, 6.45) is 1.18. The third-order valence-electron chi connectivity index (χ3n) is 3.02. The second-order valence-corrected chi connectivity index (χ2v) is 8.99. The Balaban J connectivity index is 2.42. The van der Waals surface area contributed by atoms with E-state index in [2.05, 4.69) is 15.9 Å². The fourth-order valence-corrected chi connectivity index (χ4v) is 6.80. The molecule has 15 heavy (non-hydrogen) atoms. The summed E-state index contributed by atoms with van der Waals surface area (Å²) in [4.78, 5) is 0. The van der Waals surface area contributed by atoms with Crippen molar-refractivity contribution in [2.75, 3.05) is 6.16 Å². The van der Waals surface area contributed by atoms with Gasteiger partial charge in [-0.1, -0.05) is 46.3 Å². The van der Waals surface area contributed by atoms with E-state index in [1.807, 2.05) is 30.3 Å². The number of rotatable bonds is 1. The van der Waals surface area contributed by atoms with Crippen molar-refractivity contribution in [3.63, 3.8) is 0 Å². The molecule has 0 spiro atoms. The third-order valence-corrected chi connectivity index (χ3v) is 9.34. The molecule has 0 radical (unpaired) electrons. The minimum Gasteiger partial charge on any atom is -0.388 e. The summed E-state index contributed by atoms with van der Waals surface area (Å²) in [5, 5.41) is 10.9. The molecular formula is C11H14BrO2P. The number of hydrogen-bond acceptors (Lipinski definition) is 2. The molecule has 1 heterocycles. The third kappa shape index (κ3) is 1.82. The number of alkyl halides is 1. The maximum atomic E-state index is 12.8. The quantitative estimate of drug-likeness (QED) is 0.637. The van der Waals surface area contributed by atoms with Crippen molar-refractivity contribution in [3.8, 4) is 0 Å². The molecule has 0 aliphatic carbocycles. The van der Waals surface area contributed by atoms with Crippen molar-refractivity contribution >= 4 is 28.4 Å². The molecule has 0 amide bonds. The van der Waals surface area contributed by atoms with Gasteiger partial charge in [0.15, 0.2) is 0 Å². The highest BCUT2D eigenvalue weighted by molar-refractivity contribution is 9.11. The highest BCUT2D eigenvalue weighted by Gasteiger charge is 2.50. The predicted molar refractivity (Wildman–Crippen MR) is 66.5 cm³/mol. The first kappa shape index (κ1) is 11.4. The number of benzene rings is 1. The molecule has 2 nitrogen and oxygen atoms in total. The molecule has 1 aromatic rings. The molecule has 1 aromatic carbocycles. The molecule has 1 aliphatic heterocycles. The van der Waals surface area contributed by atoms with Gasteiger partial charge in [0.1, 0.15) is 11.7 Å². The average molecular weight is 289 g/mol. The fourth-order valence-electron chi connectivity index (χ4n) is 2.01. The van der Waals surface area contributed by atoms with Gasteiger partial charge in [-0.15, -0.1) is 0 Å². The Bertz CT molecular complexity index is 402. The van der Waals surface area contributed by atoms with Crippen LogP contribution in [0.25, 0.3) is 0 Å². The first-order chi connectivity index (χ1) is 6.97. The second-order valence-electron chi connectivity index (χ2n) is 4.30. The molecule has 1 saturated heterocycles. The lowest BCUT2D eigenvalue weighted by atomic mass is 10.1. The molecule has 82 valence electrons. The zero-order chi connectivity index (χ0) is 11.1. The van der Waals surface area contributed by atoms with Crippen LogP contribution in [0.2, 0.25) is 0 Å². The van der Waals surface area contributed by atoms with Gasteiger partial charge in [0.25, 0.3) is 0 Å². The van der Waals surface area contributed by atoms with Gasteiger partial charge in [-0.05, 0) is 13.3 Å². The van der Waals surface area contributed by atoms with Gasteiger partial charge in [-0.2, -0.15) is 0 Å². The van der Waals surface area contributed by atoms with Gasteiger partial charge >= 0.3 is 0 Å². The van der Waals surface area contributed by atoms with Crippen LogP contribution in [0.3, 0.4) is 0 Å². The summed E-state index contributed by atoms with van der Waals surface area (Å²) in [6, 6.07) is 9.46. The maximum absolute atomic E-state index is 12.8. The molecule has 4 heteroatoms. The smallest absolute Gasteiger partial charge is 0.131 e. The van der Waals surface area contributed by atoms with E-state index in [1.54, 1.807) is 6.92 Å². The Labute approximate surface area is 98.2 Å². The molecule has 0 unspecified atom stereocenters. The van der Waals surface area contributed by atoms with Gasteiger partial charge in [-0.3, -0.25) is 0 Å².